The van der Waals surface area contributed by atoms with Crippen LogP contribution in [0.3, 0.4) is 0 Å². The van der Waals surface area contributed by atoms with Gasteiger partial charge in [0.15, 0.2) is 11.7 Å². The van der Waals surface area contributed by atoms with Crippen LogP contribution in [-0.2, 0) is 4.79 Å². The lowest BCUT2D eigenvalue weighted by Crippen LogP contribution is -2.34. The van der Waals surface area contributed by atoms with Crippen molar-refractivity contribution < 1.29 is 13.9 Å². The molecule has 6 nitrogen and oxygen atoms in total. The van der Waals surface area contributed by atoms with Crippen molar-refractivity contribution >= 4 is 28.2 Å². The van der Waals surface area contributed by atoms with Crippen molar-refractivity contribution in [1.82, 2.24) is 14.9 Å². The number of anilines is 2. The predicted molar refractivity (Wildman–Crippen MR) is 115 cm³/mol. The van der Waals surface area contributed by atoms with Crippen LogP contribution in [-0.4, -0.2) is 33.9 Å². The van der Waals surface area contributed by atoms with Crippen LogP contribution >= 0.6 is 11.3 Å². The minimum atomic E-state index is -0.337. The van der Waals surface area contributed by atoms with E-state index in [1.807, 2.05) is 36.9 Å². The lowest BCUT2D eigenvalue weighted by molar-refractivity contribution is -0.134. The summed E-state index contributed by atoms with van der Waals surface area (Å²) in [4.78, 5) is 25.0. The Morgan fingerprint density at radius 1 is 1.23 bits per heavy atom. The summed E-state index contributed by atoms with van der Waals surface area (Å²) >= 11 is 1.59. The number of pyridine rings is 1. The van der Waals surface area contributed by atoms with E-state index in [9.17, 15) is 9.18 Å². The Morgan fingerprint density at radius 2 is 2.03 bits per heavy atom. The Hall–Kier alpha value is -3.00. The third kappa shape index (κ3) is 4.59. The zero-order valence-corrected chi connectivity index (χ0v) is 17.7. The van der Waals surface area contributed by atoms with Crippen molar-refractivity contribution in [2.75, 3.05) is 18.5 Å². The third-order valence-corrected chi connectivity index (χ3v) is 6.11. The molecular formula is C22H23FN4O2S. The van der Waals surface area contributed by atoms with Gasteiger partial charge in [-0.1, -0.05) is 6.07 Å². The molecule has 1 aliphatic heterocycles. The van der Waals surface area contributed by atoms with E-state index in [1.165, 1.54) is 29.1 Å². The Balaban J connectivity index is 1.43. The fourth-order valence-corrected chi connectivity index (χ4v) is 4.30. The van der Waals surface area contributed by atoms with E-state index in [0.717, 1.165) is 29.4 Å². The largest absolute Gasteiger partial charge is 0.484 e. The summed E-state index contributed by atoms with van der Waals surface area (Å²) in [6.45, 7) is 4.60. The number of likely N-dealkylation sites (tertiary alicyclic amines) is 1. The maximum Gasteiger partial charge on any atom is 0.261 e. The van der Waals surface area contributed by atoms with E-state index in [1.54, 1.807) is 11.3 Å². The van der Waals surface area contributed by atoms with Crippen LogP contribution in [0.25, 0.3) is 0 Å². The number of nitrogens with one attached hydrogen (secondary N) is 1. The molecule has 0 spiro atoms. The highest BCUT2D eigenvalue weighted by atomic mass is 32.1. The van der Waals surface area contributed by atoms with Crippen LogP contribution < -0.4 is 10.1 Å². The number of thiazole rings is 1. The molecule has 0 saturated carbocycles. The second-order valence-electron chi connectivity index (χ2n) is 7.22. The smallest absolute Gasteiger partial charge is 0.261 e. The first-order chi connectivity index (χ1) is 14.5. The van der Waals surface area contributed by atoms with Gasteiger partial charge in [-0.25, -0.2) is 14.4 Å². The van der Waals surface area contributed by atoms with Crippen molar-refractivity contribution in [3.8, 4) is 5.75 Å². The van der Waals surface area contributed by atoms with E-state index in [-0.39, 0.29) is 24.4 Å². The molecule has 1 aromatic carbocycles. The Morgan fingerprint density at radius 3 is 2.77 bits per heavy atom. The molecule has 3 heterocycles. The topological polar surface area (TPSA) is 67.4 Å². The van der Waals surface area contributed by atoms with Gasteiger partial charge in [0.05, 0.1) is 17.4 Å². The summed E-state index contributed by atoms with van der Waals surface area (Å²) in [5.74, 6) is 0.742. The summed E-state index contributed by atoms with van der Waals surface area (Å²) < 4.78 is 18.6. The molecule has 1 saturated heterocycles. The SMILES string of the molecule is Cc1nc(Nc2cccc([C@H]3CCCN3C(=O)COc3ccc(F)cc3)n2)sc1C. The number of amides is 1. The maximum absolute atomic E-state index is 13.0. The van der Waals surface area contributed by atoms with Gasteiger partial charge < -0.3 is 15.0 Å². The van der Waals surface area contributed by atoms with Crippen LogP contribution in [0.2, 0.25) is 0 Å². The molecule has 4 rings (SSSR count). The highest BCUT2D eigenvalue weighted by Crippen LogP contribution is 2.32. The summed E-state index contributed by atoms with van der Waals surface area (Å²) in [7, 11) is 0. The number of ether oxygens (including phenoxy) is 1. The van der Waals surface area contributed by atoms with Gasteiger partial charge in [-0.15, -0.1) is 11.3 Å². The van der Waals surface area contributed by atoms with Crippen LogP contribution in [0, 0.1) is 19.7 Å². The number of halogens is 1. The molecule has 0 radical (unpaired) electrons. The first kappa shape index (κ1) is 20.3. The normalized spacial score (nSPS) is 16.0. The number of hydrogen-bond donors (Lipinski definition) is 1. The summed E-state index contributed by atoms with van der Waals surface area (Å²) in [5.41, 5.74) is 1.85. The van der Waals surface area contributed by atoms with Gasteiger partial charge in [0, 0.05) is 11.4 Å². The van der Waals surface area contributed by atoms with Crippen molar-refractivity contribution in [3.63, 3.8) is 0 Å². The van der Waals surface area contributed by atoms with E-state index in [0.29, 0.717) is 18.1 Å². The quantitative estimate of drug-likeness (QED) is 0.614. The molecule has 30 heavy (non-hydrogen) atoms. The number of carbonyl (C=O) groups is 1. The summed E-state index contributed by atoms with van der Waals surface area (Å²) in [5, 5.41) is 4.07. The Bertz CT molecular complexity index is 1020. The minimum absolute atomic E-state index is 0.0856. The first-order valence-corrected chi connectivity index (χ1v) is 10.7. The average molecular weight is 427 g/mol. The lowest BCUT2D eigenvalue weighted by Gasteiger charge is -2.24. The van der Waals surface area contributed by atoms with Gasteiger partial charge in [-0.3, -0.25) is 4.79 Å². The van der Waals surface area contributed by atoms with Crippen molar-refractivity contribution in [1.29, 1.82) is 0 Å². The Labute approximate surface area is 178 Å². The molecule has 3 aromatic rings. The van der Waals surface area contributed by atoms with Crippen LogP contribution in [0.15, 0.2) is 42.5 Å². The predicted octanol–water partition coefficient (Wildman–Crippen LogP) is 4.78. The number of hydrogen-bond acceptors (Lipinski definition) is 6. The lowest BCUT2D eigenvalue weighted by atomic mass is 10.1. The van der Waals surface area contributed by atoms with E-state index < -0.39 is 0 Å². The molecule has 2 aromatic heterocycles. The van der Waals surface area contributed by atoms with Gasteiger partial charge in [-0.2, -0.15) is 0 Å². The highest BCUT2D eigenvalue weighted by molar-refractivity contribution is 7.15. The van der Waals surface area contributed by atoms with E-state index >= 15 is 0 Å². The van der Waals surface area contributed by atoms with E-state index in [4.69, 9.17) is 9.72 Å². The summed E-state index contributed by atoms with van der Waals surface area (Å²) in [6.07, 6.45) is 1.77. The fraction of sp³-hybridized carbons (Fsp3) is 0.318. The molecule has 1 amide bonds. The first-order valence-electron chi connectivity index (χ1n) is 9.85. The molecule has 1 N–H and O–H groups in total. The van der Waals surface area contributed by atoms with Gasteiger partial charge in [0.2, 0.25) is 0 Å². The second-order valence-corrected chi connectivity index (χ2v) is 8.42. The number of benzene rings is 1. The Kier molecular flexibility index (Phi) is 5.94. The molecule has 0 bridgehead atoms. The molecule has 8 heteroatoms. The molecule has 0 unspecified atom stereocenters. The highest BCUT2D eigenvalue weighted by Gasteiger charge is 2.31. The van der Waals surface area contributed by atoms with Crippen LogP contribution in [0.4, 0.5) is 15.3 Å². The molecule has 1 fully saturated rings. The number of aryl methyl sites for hydroxylation is 2. The molecular weight excluding hydrogens is 403 g/mol. The van der Waals surface area contributed by atoms with Gasteiger partial charge >= 0.3 is 0 Å². The number of nitrogens with zero attached hydrogens (tertiary/aromatic N) is 3. The number of carbonyl (C=O) groups excluding carboxylic acids is 1. The van der Waals surface area contributed by atoms with Crippen LogP contribution in [0.5, 0.6) is 5.75 Å². The van der Waals surface area contributed by atoms with E-state index in [2.05, 4.69) is 10.3 Å². The maximum atomic E-state index is 13.0. The molecule has 1 aliphatic rings. The molecule has 0 aliphatic carbocycles. The minimum Gasteiger partial charge on any atom is -0.484 e. The monoisotopic (exact) mass is 426 g/mol. The fourth-order valence-electron chi connectivity index (χ4n) is 3.47. The standard InChI is InChI=1S/C22H23FN4O2S/c1-14-15(2)30-22(24-14)26-20-7-3-5-18(25-20)19-6-4-12-27(19)21(28)13-29-17-10-8-16(23)9-11-17/h3,5,7-11,19H,4,6,12-13H2,1-2H3,(H,24,25,26)/t19-/m1/s1. The van der Waals surface area contributed by atoms with Gasteiger partial charge in [0.1, 0.15) is 17.4 Å². The molecule has 156 valence electrons. The van der Waals surface area contributed by atoms with Gasteiger partial charge in [0.25, 0.3) is 5.91 Å². The number of rotatable bonds is 6. The van der Waals surface area contributed by atoms with Crippen molar-refractivity contribution in [2.24, 2.45) is 0 Å². The van der Waals surface area contributed by atoms with Crippen LogP contribution in [0.1, 0.15) is 35.1 Å². The third-order valence-electron chi connectivity index (χ3n) is 5.12. The van der Waals surface area contributed by atoms with Crippen molar-refractivity contribution in [3.05, 3.63) is 64.5 Å². The zero-order valence-electron chi connectivity index (χ0n) is 16.9. The second kappa shape index (κ2) is 8.79. The summed E-state index contributed by atoms with van der Waals surface area (Å²) in [6, 6.07) is 11.4. The average Bonchev–Trinajstić information content (AvgIpc) is 3.34. The molecule has 1 atom stereocenters. The zero-order chi connectivity index (χ0) is 21.1. The van der Waals surface area contributed by atoms with Gasteiger partial charge in [-0.05, 0) is 63.1 Å². The van der Waals surface area contributed by atoms with Crippen molar-refractivity contribution in [2.45, 2.75) is 32.7 Å². The number of aromatic nitrogens is 2.